The second-order valence-corrected chi connectivity index (χ2v) is 8.74. The Morgan fingerprint density at radius 2 is 1.75 bits per heavy atom. The summed E-state index contributed by atoms with van der Waals surface area (Å²) in [6, 6.07) is -3.85. The molecule has 1 heterocycles. The normalized spacial score (nSPS) is 19.7. The molecule has 0 aromatic rings. The molecule has 11 heteroatoms. The summed E-state index contributed by atoms with van der Waals surface area (Å²) < 4.78 is 0. The van der Waals surface area contributed by atoms with E-state index in [1.54, 1.807) is 13.8 Å². The maximum Gasteiger partial charge on any atom is 0.326 e. The van der Waals surface area contributed by atoms with Crippen molar-refractivity contribution in [3.05, 3.63) is 0 Å². The molecule has 1 rings (SSSR count). The van der Waals surface area contributed by atoms with Crippen molar-refractivity contribution in [1.82, 2.24) is 15.5 Å². The van der Waals surface area contributed by atoms with Crippen LogP contribution in [0.1, 0.15) is 59.8 Å². The maximum atomic E-state index is 13.0. The van der Waals surface area contributed by atoms with Gasteiger partial charge in [0.2, 0.25) is 23.6 Å². The Kier molecular flexibility index (Phi) is 10.6. The van der Waals surface area contributed by atoms with Crippen molar-refractivity contribution in [3.63, 3.8) is 0 Å². The number of carbonyl (C=O) groups is 5. The minimum Gasteiger partial charge on any atom is -0.480 e. The third-order valence-corrected chi connectivity index (χ3v) is 5.92. The number of nitrogens with one attached hydrogen (secondary N) is 2. The van der Waals surface area contributed by atoms with Gasteiger partial charge in [-0.15, -0.1) is 0 Å². The highest BCUT2D eigenvalue weighted by atomic mass is 16.4. The van der Waals surface area contributed by atoms with E-state index in [1.165, 1.54) is 4.90 Å². The van der Waals surface area contributed by atoms with Crippen molar-refractivity contribution < 1.29 is 29.1 Å². The molecule has 0 aromatic carbocycles. The van der Waals surface area contributed by atoms with Crippen molar-refractivity contribution in [1.29, 1.82) is 0 Å². The number of carboxylic acid groups (broad SMARTS) is 1. The number of carbonyl (C=O) groups excluding carboxylic acids is 4. The van der Waals surface area contributed by atoms with E-state index in [2.05, 4.69) is 10.6 Å². The molecule has 1 aliphatic heterocycles. The molecule has 5 atom stereocenters. The van der Waals surface area contributed by atoms with Gasteiger partial charge in [-0.25, -0.2) is 4.79 Å². The molecule has 1 aliphatic rings. The van der Waals surface area contributed by atoms with E-state index >= 15 is 0 Å². The lowest BCUT2D eigenvalue weighted by Gasteiger charge is -2.30. The second kappa shape index (κ2) is 12.4. The van der Waals surface area contributed by atoms with Gasteiger partial charge >= 0.3 is 5.97 Å². The molecule has 32 heavy (non-hydrogen) atoms. The van der Waals surface area contributed by atoms with Gasteiger partial charge in [-0.2, -0.15) is 0 Å². The average molecular weight is 456 g/mol. The third kappa shape index (κ3) is 7.47. The van der Waals surface area contributed by atoms with Gasteiger partial charge in [0.15, 0.2) is 0 Å². The number of nitrogens with zero attached hydrogens (tertiary/aromatic N) is 1. The van der Waals surface area contributed by atoms with E-state index in [9.17, 15) is 29.1 Å². The molecule has 11 nitrogen and oxygen atoms in total. The van der Waals surface area contributed by atoms with Crippen molar-refractivity contribution in [2.45, 2.75) is 84.0 Å². The molecule has 4 amide bonds. The average Bonchev–Trinajstić information content (AvgIpc) is 3.22. The highest BCUT2D eigenvalue weighted by Gasteiger charge is 2.38. The van der Waals surface area contributed by atoms with Crippen molar-refractivity contribution in [2.75, 3.05) is 6.54 Å². The first-order chi connectivity index (χ1) is 14.9. The molecule has 0 aromatic heterocycles. The number of hydrogen-bond acceptors (Lipinski definition) is 6. The van der Waals surface area contributed by atoms with Gasteiger partial charge in [0.25, 0.3) is 0 Å². The number of aliphatic carboxylic acids is 1. The fourth-order valence-electron chi connectivity index (χ4n) is 3.58. The van der Waals surface area contributed by atoms with E-state index in [4.69, 9.17) is 11.5 Å². The first-order valence-electron chi connectivity index (χ1n) is 11.1. The number of primary amides is 1. The van der Waals surface area contributed by atoms with E-state index in [-0.39, 0.29) is 24.7 Å². The summed E-state index contributed by atoms with van der Waals surface area (Å²) in [5.41, 5.74) is 11.2. The molecule has 0 aliphatic carbocycles. The topological polar surface area (TPSA) is 185 Å². The van der Waals surface area contributed by atoms with Crippen LogP contribution in [0.5, 0.6) is 0 Å². The van der Waals surface area contributed by atoms with Crippen LogP contribution in [-0.2, 0) is 24.0 Å². The van der Waals surface area contributed by atoms with Gasteiger partial charge in [0.1, 0.15) is 18.1 Å². The number of nitrogens with two attached hydrogens (primary N) is 2. The monoisotopic (exact) mass is 455 g/mol. The van der Waals surface area contributed by atoms with Crippen LogP contribution in [0.4, 0.5) is 0 Å². The molecule has 0 radical (unpaired) electrons. The summed E-state index contributed by atoms with van der Waals surface area (Å²) >= 11 is 0. The number of carboxylic acids is 1. The standard InChI is InChI=1S/C21H37N5O6/c1-5-12(4)16(23)20(30)26-10-6-7-14(26)19(29)24-13(8-9-15(22)27)18(28)25-17(11(2)3)21(31)32/h11-14,16-17H,5-10,23H2,1-4H3,(H2,22,27)(H,24,29)(H,25,28)(H,31,32). The van der Waals surface area contributed by atoms with Gasteiger partial charge in [0, 0.05) is 13.0 Å². The maximum absolute atomic E-state index is 13.0. The summed E-state index contributed by atoms with van der Waals surface area (Å²) in [6.45, 7) is 7.45. The lowest BCUT2D eigenvalue weighted by molar-refractivity contribution is -0.144. The first-order valence-corrected chi connectivity index (χ1v) is 11.1. The van der Waals surface area contributed by atoms with Crippen LogP contribution in [0.15, 0.2) is 0 Å². The molecule has 0 saturated carbocycles. The summed E-state index contributed by atoms with van der Waals surface area (Å²) in [5.74, 6) is -3.91. The van der Waals surface area contributed by atoms with E-state index in [1.807, 2.05) is 13.8 Å². The zero-order chi connectivity index (χ0) is 24.6. The number of rotatable bonds is 12. The van der Waals surface area contributed by atoms with Gasteiger partial charge in [-0.3, -0.25) is 19.2 Å². The highest BCUT2D eigenvalue weighted by Crippen LogP contribution is 2.21. The van der Waals surface area contributed by atoms with Crippen LogP contribution < -0.4 is 22.1 Å². The number of amides is 4. The van der Waals surface area contributed by atoms with E-state index in [0.29, 0.717) is 25.8 Å². The Labute approximate surface area is 188 Å². The zero-order valence-corrected chi connectivity index (χ0v) is 19.3. The van der Waals surface area contributed by atoms with Crippen molar-refractivity contribution >= 4 is 29.6 Å². The van der Waals surface area contributed by atoms with Crippen LogP contribution in [0.2, 0.25) is 0 Å². The number of likely N-dealkylation sites (tertiary alicyclic amines) is 1. The minimum atomic E-state index is -1.21. The lowest BCUT2D eigenvalue weighted by atomic mass is 9.98. The van der Waals surface area contributed by atoms with Gasteiger partial charge < -0.3 is 32.1 Å². The summed E-state index contributed by atoms with van der Waals surface area (Å²) in [4.78, 5) is 62.6. The van der Waals surface area contributed by atoms with Crippen LogP contribution in [-0.4, -0.2) is 70.3 Å². The van der Waals surface area contributed by atoms with Gasteiger partial charge in [-0.05, 0) is 31.1 Å². The molecule has 1 fully saturated rings. The van der Waals surface area contributed by atoms with Crippen LogP contribution in [0.25, 0.3) is 0 Å². The zero-order valence-electron chi connectivity index (χ0n) is 19.3. The van der Waals surface area contributed by atoms with Crippen LogP contribution >= 0.6 is 0 Å². The molecule has 7 N–H and O–H groups in total. The predicted molar refractivity (Wildman–Crippen MR) is 117 cm³/mol. The highest BCUT2D eigenvalue weighted by molar-refractivity contribution is 5.94. The van der Waals surface area contributed by atoms with Gasteiger partial charge in [0.05, 0.1) is 6.04 Å². The van der Waals surface area contributed by atoms with Crippen molar-refractivity contribution in [2.24, 2.45) is 23.3 Å². The number of hydrogen-bond donors (Lipinski definition) is 5. The van der Waals surface area contributed by atoms with E-state index < -0.39 is 53.8 Å². The fraction of sp³-hybridized carbons (Fsp3) is 0.762. The lowest BCUT2D eigenvalue weighted by Crippen LogP contribution is -2.57. The smallest absolute Gasteiger partial charge is 0.326 e. The summed E-state index contributed by atoms with van der Waals surface area (Å²) in [6.07, 6.45) is 1.48. The largest absolute Gasteiger partial charge is 0.480 e. The van der Waals surface area contributed by atoms with Gasteiger partial charge in [-0.1, -0.05) is 34.1 Å². The first kappa shape index (κ1) is 27.3. The molecular weight excluding hydrogens is 418 g/mol. The van der Waals surface area contributed by atoms with Crippen molar-refractivity contribution in [3.8, 4) is 0 Å². The Bertz CT molecular complexity index is 713. The SMILES string of the molecule is CCC(C)C(N)C(=O)N1CCCC1C(=O)NC(CCC(N)=O)C(=O)NC(C(=O)O)C(C)C. The second-order valence-electron chi connectivity index (χ2n) is 8.74. The summed E-state index contributed by atoms with van der Waals surface area (Å²) in [7, 11) is 0. The third-order valence-electron chi connectivity index (χ3n) is 5.92. The summed E-state index contributed by atoms with van der Waals surface area (Å²) in [5, 5.41) is 14.3. The van der Waals surface area contributed by atoms with E-state index in [0.717, 1.165) is 0 Å². The molecular formula is C21H37N5O6. The molecule has 182 valence electrons. The van der Waals surface area contributed by atoms with Crippen LogP contribution in [0, 0.1) is 11.8 Å². The van der Waals surface area contributed by atoms with Crippen LogP contribution in [0.3, 0.4) is 0 Å². The molecule has 0 spiro atoms. The molecule has 5 unspecified atom stereocenters. The Hall–Kier alpha value is -2.69. The Morgan fingerprint density at radius 1 is 1.12 bits per heavy atom. The fourth-order valence-corrected chi connectivity index (χ4v) is 3.58. The Balaban J connectivity index is 2.96. The molecule has 0 bridgehead atoms. The quantitative estimate of drug-likeness (QED) is 0.258. The molecule has 1 saturated heterocycles. The Morgan fingerprint density at radius 3 is 2.25 bits per heavy atom. The predicted octanol–water partition coefficient (Wildman–Crippen LogP) is -0.673. The minimum absolute atomic E-state index is 0.0510.